The van der Waals surface area contributed by atoms with Crippen LogP contribution in [0.15, 0.2) is 36.7 Å². The summed E-state index contributed by atoms with van der Waals surface area (Å²) in [5.41, 5.74) is 1.16. The van der Waals surface area contributed by atoms with Crippen LogP contribution in [0.2, 0.25) is 0 Å². The lowest BCUT2D eigenvalue weighted by Gasteiger charge is -2.35. The molecule has 2 heterocycles. The molecule has 2 aromatic rings. The normalized spacial score (nSPS) is 17.6. The van der Waals surface area contributed by atoms with E-state index >= 15 is 0 Å². The predicted octanol–water partition coefficient (Wildman–Crippen LogP) is 1.29. The van der Waals surface area contributed by atoms with Crippen LogP contribution in [0.25, 0.3) is 0 Å². The fourth-order valence-electron chi connectivity index (χ4n) is 3.13. The number of hydrogen-bond acceptors (Lipinski definition) is 5. The number of β-amino-alcohol motifs (C(OH)–C–C–N with tert-alkyl or cyclic N) is 1. The lowest BCUT2D eigenvalue weighted by molar-refractivity contribution is 0.0440. The zero-order valence-corrected chi connectivity index (χ0v) is 15.1. The van der Waals surface area contributed by atoms with Crippen LogP contribution in [0.1, 0.15) is 11.4 Å². The van der Waals surface area contributed by atoms with Crippen molar-refractivity contribution in [1.82, 2.24) is 19.4 Å². The van der Waals surface area contributed by atoms with Crippen molar-refractivity contribution in [3.8, 4) is 5.75 Å². The Balaban J connectivity index is 1.37. The Labute approximate surface area is 149 Å². The minimum Gasteiger partial charge on any atom is -0.491 e. The van der Waals surface area contributed by atoms with Crippen molar-refractivity contribution >= 4 is 0 Å². The summed E-state index contributed by atoms with van der Waals surface area (Å²) in [7, 11) is 2.03. The average Bonchev–Trinajstić information content (AvgIpc) is 3.00. The van der Waals surface area contributed by atoms with Gasteiger partial charge in [-0.1, -0.05) is 12.1 Å². The van der Waals surface area contributed by atoms with Crippen LogP contribution in [0.5, 0.6) is 5.75 Å². The molecule has 0 radical (unpaired) electrons. The van der Waals surface area contributed by atoms with Crippen molar-refractivity contribution in [2.75, 3.05) is 39.3 Å². The SMILES string of the molecule is Cc1cccc(OC[C@H](O)CN2CCN(Cc3nccn3C)CC2)c1. The maximum atomic E-state index is 10.2. The number of hydrogen-bond donors (Lipinski definition) is 1. The first-order chi connectivity index (χ1) is 12.1. The molecule has 6 nitrogen and oxygen atoms in total. The number of aryl methyl sites for hydroxylation is 2. The standard InChI is InChI=1S/C19H28N4O2/c1-16-4-3-5-18(12-16)25-15-17(24)13-22-8-10-23(11-9-22)14-19-20-6-7-21(19)2/h3-7,12,17,24H,8-11,13-15H2,1-2H3/t17-/m1/s1. The number of piperazine rings is 1. The van der Waals surface area contributed by atoms with E-state index in [0.29, 0.717) is 13.2 Å². The number of benzene rings is 1. The zero-order valence-electron chi connectivity index (χ0n) is 15.1. The molecule has 0 amide bonds. The largest absolute Gasteiger partial charge is 0.491 e. The highest BCUT2D eigenvalue weighted by atomic mass is 16.5. The number of ether oxygens (including phenoxy) is 1. The van der Waals surface area contributed by atoms with Crippen molar-refractivity contribution < 1.29 is 9.84 Å². The van der Waals surface area contributed by atoms with Crippen molar-refractivity contribution in [2.45, 2.75) is 19.6 Å². The predicted molar refractivity (Wildman–Crippen MR) is 97.6 cm³/mol. The summed E-state index contributed by atoms with van der Waals surface area (Å²) >= 11 is 0. The summed E-state index contributed by atoms with van der Waals surface area (Å²) in [4.78, 5) is 9.10. The number of aromatic nitrogens is 2. The molecule has 1 aromatic heterocycles. The highest BCUT2D eigenvalue weighted by molar-refractivity contribution is 5.27. The van der Waals surface area contributed by atoms with Crippen molar-refractivity contribution in [1.29, 1.82) is 0 Å². The van der Waals surface area contributed by atoms with Gasteiger partial charge in [0.2, 0.25) is 0 Å². The fraction of sp³-hybridized carbons (Fsp3) is 0.526. The molecule has 25 heavy (non-hydrogen) atoms. The minimum absolute atomic E-state index is 0.330. The van der Waals surface area contributed by atoms with Gasteiger partial charge in [0, 0.05) is 52.2 Å². The topological polar surface area (TPSA) is 53.8 Å². The second kappa shape index (κ2) is 8.47. The molecule has 136 valence electrons. The van der Waals surface area contributed by atoms with Gasteiger partial charge in [0.1, 0.15) is 24.3 Å². The monoisotopic (exact) mass is 344 g/mol. The van der Waals surface area contributed by atoms with E-state index in [1.165, 1.54) is 0 Å². The third-order valence-electron chi connectivity index (χ3n) is 4.65. The molecule has 1 fully saturated rings. The van der Waals surface area contributed by atoms with E-state index in [1.54, 1.807) is 0 Å². The zero-order chi connectivity index (χ0) is 17.6. The van der Waals surface area contributed by atoms with Gasteiger partial charge in [-0.3, -0.25) is 9.80 Å². The third kappa shape index (κ3) is 5.29. The molecular formula is C19H28N4O2. The molecule has 1 N–H and O–H groups in total. The Morgan fingerprint density at radius 1 is 1.20 bits per heavy atom. The summed E-state index contributed by atoms with van der Waals surface area (Å²) in [6.07, 6.45) is 3.35. The van der Waals surface area contributed by atoms with Gasteiger partial charge < -0.3 is 14.4 Å². The number of aliphatic hydroxyl groups is 1. The molecule has 0 saturated carbocycles. The Morgan fingerprint density at radius 2 is 1.96 bits per heavy atom. The lowest BCUT2D eigenvalue weighted by Crippen LogP contribution is -2.49. The molecule has 6 heteroatoms. The molecule has 3 rings (SSSR count). The Bertz CT molecular complexity index is 665. The van der Waals surface area contributed by atoms with E-state index < -0.39 is 6.10 Å². The average molecular weight is 344 g/mol. The highest BCUT2D eigenvalue weighted by Crippen LogP contribution is 2.13. The van der Waals surface area contributed by atoms with Crippen LogP contribution < -0.4 is 4.74 Å². The fourth-order valence-corrected chi connectivity index (χ4v) is 3.13. The first-order valence-electron chi connectivity index (χ1n) is 8.88. The van der Waals surface area contributed by atoms with Gasteiger partial charge in [0.25, 0.3) is 0 Å². The van der Waals surface area contributed by atoms with Crippen LogP contribution in [0.3, 0.4) is 0 Å². The van der Waals surface area contributed by atoms with Gasteiger partial charge in [0.15, 0.2) is 0 Å². The van der Waals surface area contributed by atoms with Crippen LogP contribution in [0, 0.1) is 6.92 Å². The first-order valence-corrected chi connectivity index (χ1v) is 8.88. The van der Waals surface area contributed by atoms with Crippen molar-refractivity contribution in [2.24, 2.45) is 7.05 Å². The summed E-state index contributed by atoms with van der Waals surface area (Å²) in [5, 5.41) is 10.2. The molecule has 0 aliphatic carbocycles. The number of imidazole rings is 1. The maximum Gasteiger partial charge on any atom is 0.122 e. The van der Waals surface area contributed by atoms with Crippen LogP contribution in [-0.4, -0.2) is 69.9 Å². The van der Waals surface area contributed by atoms with Gasteiger partial charge >= 0.3 is 0 Å². The van der Waals surface area contributed by atoms with Gasteiger partial charge in [-0.2, -0.15) is 0 Å². The van der Waals surface area contributed by atoms with E-state index in [2.05, 4.69) is 19.4 Å². The van der Waals surface area contributed by atoms with Gasteiger partial charge in [-0.05, 0) is 24.6 Å². The first kappa shape index (κ1) is 17.9. The number of rotatable bonds is 7. The molecule has 0 unspecified atom stereocenters. The second-order valence-corrected chi connectivity index (χ2v) is 6.81. The summed E-state index contributed by atoms with van der Waals surface area (Å²) in [6.45, 7) is 7.83. The number of aliphatic hydroxyl groups excluding tert-OH is 1. The van der Waals surface area contributed by atoms with Crippen LogP contribution in [0.4, 0.5) is 0 Å². The summed E-state index contributed by atoms with van der Waals surface area (Å²) in [5.74, 6) is 1.92. The van der Waals surface area contributed by atoms with Crippen LogP contribution in [-0.2, 0) is 13.6 Å². The summed E-state index contributed by atoms with van der Waals surface area (Å²) in [6, 6.07) is 7.92. The van der Waals surface area contributed by atoms with E-state index in [-0.39, 0.29) is 0 Å². The Hall–Kier alpha value is -1.89. The van der Waals surface area contributed by atoms with E-state index in [0.717, 1.165) is 49.9 Å². The van der Waals surface area contributed by atoms with E-state index in [4.69, 9.17) is 4.74 Å². The molecule has 1 aromatic carbocycles. The molecule has 1 saturated heterocycles. The highest BCUT2D eigenvalue weighted by Gasteiger charge is 2.20. The van der Waals surface area contributed by atoms with Gasteiger partial charge in [-0.15, -0.1) is 0 Å². The Kier molecular flexibility index (Phi) is 6.07. The van der Waals surface area contributed by atoms with Crippen molar-refractivity contribution in [3.63, 3.8) is 0 Å². The molecule has 1 aliphatic rings. The third-order valence-corrected chi connectivity index (χ3v) is 4.65. The van der Waals surface area contributed by atoms with Gasteiger partial charge in [0.05, 0.1) is 6.54 Å². The minimum atomic E-state index is -0.471. The lowest BCUT2D eigenvalue weighted by atomic mass is 10.2. The van der Waals surface area contributed by atoms with Gasteiger partial charge in [-0.25, -0.2) is 4.98 Å². The van der Waals surface area contributed by atoms with E-state index in [9.17, 15) is 5.11 Å². The molecule has 0 bridgehead atoms. The maximum absolute atomic E-state index is 10.2. The smallest absolute Gasteiger partial charge is 0.122 e. The molecular weight excluding hydrogens is 316 g/mol. The molecule has 1 atom stereocenters. The molecule has 1 aliphatic heterocycles. The second-order valence-electron chi connectivity index (χ2n) is 6.81. The Morgan fingerprint density at radius 3 is 2.64 bits per heavy atom. The number of nitrogens with zero attached hydrogens (tertiary/aromatic N) is 4. The molecule has 0 spiro atoms. The quantitative estimate of drug-likeness (QED) is 0.820. The summed E-state index contributed by atoms with van der Waals surface area (Å²) < 4.78 is 7.76. The van der Waals surface area contributed by atoms with Crippen LogP contribution >= 0.6 is 0 Å². The van der Waals surface area contributed by atoms with Crippen molar-refractivity contribution in [3.05, 3.63) is 48.0 Å². The van der Waals surface area contributed by atoms with E-state index in [1.807, 2.05) is 50.6 Å².